The van der Waals surface area contributed by atoms with E-state index in [0.29, 0.717) is 5.41 Å². The predicted octanol–water partition coefficient (Wildman–Crippen LogP) is 1.57. The van der Waals surface area contributed by atoms with Gasteiger partial charge in [-0.2, -0.15) is 0 Å². The topological polar surface area (TPSA) is 15.3 Å². The lowest BCUT2D eigenvalue weighted by molar-refractivity contribution is 0.0707. The van der Waals surface area contributed by atoms with Gasteiger partial charge in [-0.3, -0.25) is 0 Å². The van der Waals surface area contributed by atoms with Crippen molar-refractivity contribution in [3.63, 3.8) is 0 Å². The number of rotatable bonds is 1. The van der Waals surface area contributed by atoms with Crippen molar-refractivity contribution in [2.24, 2.45) is 17.3 Å². The van der Waals surface area contributed by atoms with Gasteiger partial charge < -0.3 is 10.2 Å². The Kier molecular flexibility index (Phi) is 2.85. The van der Waals surface area contributed by atoms with Crippen LogP contribution in [0.4, 0.5) is 0 Å². The highest BCUT2D eigenvalue weighted by Gasteiger charge is 2.31. The van der Waals surface area contributed by atoms with E-state index < -0.39 is 0 Å². The Morgan fingerprint density at radius 1 is 1.14 bits per heavy atom. The second-order valence-corrected chi connectivity index (χ2v) is 6.38. The van der Waals surface area contributed by atoms with E-state index in [1.807, 2.05) is 0 Å². The number of nitrogens with one attached hydrogen (secondary N) is 1. The standard InChI is InChI=1S/C12H24N2/c1-12(2,3)9-14-7-10-4-11(8-14)6-13-5-10/h10-11,13H,4-9H2,1-3H3. The van der Waals surface area contributed by atoms with E-state index in [0.717, 1.165) is 11.8 Å². The Morgan fingerprint density at radius 3 is 2.21 bits per heavy atom. The van der Waals surface area contributed by atoms with E-state index in [-0.39, 0.29) is 0 Å². The molecule has 2 unspecified atom stereocenters. The highest BCUT2D eigenvalue weighted by Crippen LogP contribution is 2.26. The van der Waals surface area contributed by atoms with Crippen molar-refractivity contribution < 1.29 is 0 Å². The number of nitrogens with zero attached hydrogens (tertiary/aromatic N) is 1. The largest absolute Gasteiger partial charge is 0.316 e. The van der Waals surface area contributed by atoms with Gasteiger partial charge in [0.25, 0.3) is 0 Å². The maximum atomic E-state index is 3.54. The van der Waals surface area contributed by atoms with Crippen LogP contribution in [0.3, 0.4) is 0 Å². The van der Waals surface area contributed by atoms with Crippen LogP contribution in [0.5, 0.6) is 0 Å². The molecule has 2 rings (SSSR count). The van der Waals surface area contributed by atoms with Crippen LogP contribution in [0.25, 0.3) is 0 Å². The molecule has 0 amide bonds. The minimum absolute atomic E-state index is 0.457. The Labute approximate surface area is 88.1 Å². The van der Waals surface area contributed by atoms with Gasteiger partial charge >= 0.3 is 0 Å². The van der Waals surface area contributed by atoms with E-state index in [2.05, 4.69) is 31.0 Å². The molecule has 2 heterocycles. The minimum atomic E-state index is 0.457. The van der Waals surface area contributed by atoms with Crippen LogP contribution >= 0.6 is 0 Å². The lowest BCUT2D eigenvalue weighted by Crippen LogP contribution is -2.52. The summed E-state index contributed by atoms with van der Waals surface area (Å²) in [5.41, 5.74) is 0.457. The summed E-state index contributed by atoms with van der Waals surface area (Å²) in [7, 11) is 0. The molecule has 2 bridgehead atoms. The van der Waals surface area contributed by atoms with Gasteiger partial charge in [-0.15, -0.1) is 0 Å². The van der Waals surface area contributed by atoms with Gasteiger partial charge in [-0.05, 0) is 36.8 Å². The van der Waals surface area contributed by atoms with Crippen molar-refractivity contribution in [1.82, 2.24) is 10.2 Å². The second-order valence-electron chi connectivity index (χ2n) is 6.38. The molecule has 0 radical (unpaired) electrons. The number of likely N-dealkylation sites (tertiary alicyclic amines) is 1. The minimum Gasteiger partial charge on any atom is -0.316 e. The molecule has 2 atom stereocenters. The summed E-state index contributed by atoms with van der Waals surface area (Å²) in [5, 5.41) is 3.54. The quantitative estimate of drug-likeness (QED) is 0.685. The molecule has 2 fully saturated rings. The molecule has 0 aliphatic carbocycles. The Balaban J connectivity index is 1.89. The first-order valence-electron chi connectivity index (χ1n) is 5.96. The predicted molar refractivity (Wildman–Crippen MR) is 60.4 cm³/mol. The Hall–Kier alpha value is -0.0800. The number of hydrogen-bond donors (Lipinski definition) is 1. The lowest BCUT2D eigenvalue weighted by Gasteiger charge is -2.43. The van der Waals surface area contributed by atoms with Gasteiger partial charge in [0.1, 0.15) is 0 Å². The molecule has 0 spiro atoms. The highest BCUT2D eigenvalue weighted by atomic mass is 15.2. The van der Waals surface area contributed by atoms with Crippen LogP contribution in [0.2, 0.25) is 0 Å². The molecule has 0 saturated carbocycles. The summed E-state index contributed by atoms with van der Waals surface area (Å²) < 4.78 is 0. The first-order valence-corrected chi connectivity index (χ1v) is 5.96. The molecule has 2 aliphatic rings. The fourth-order valence-electron chi connectivity index (χ4n) is 3.01. The summed E-state index contributed by atoms with van der Waals surface area (Å²) in [5.74, 6) is 1.84. The molecule has 82 valence electrons. The maximum absolute atomic E-state index is 3.54. The van der Waals surface area contributed by atoms with E-state index in [4.69, 9.17) is 0 Å². The van der Waals surface area contributed by atoms with Crippen molar-refractivity contribution in [3.8, 4) is 0 Å². The highest BCUT2D eigenvalue weighted by molar-refractivity contribution is 4.86. The van der Waals surface area contributed by atoms with Gasteiger partial charge in [0, 0.05) is 19.6 Å². The summed E-state index contributed by atoms with van der Waals surface area (Å²) in [6.07, 6.45) is 1.47. The summed E-state index contributed by atoms with van der Waals surface area (Å²) in [6, 6.07) is 0. The molecular formula is C12H24N2. The summed E-state index contributed by atoms with van der Waals surface area (Å²) in [4.78, 5) is 2.68. The van der Waals surface area contributed by atoms with E-state index in [1.54, 1.807) is 0 Å². The number of piperidine rings is 2. The van der Waals surface area contributed by atoms with Crippen molar-refractivity contribution >= 4 is 0 Å². The lowest BCUT2D eigenvalue weighted by atomic mass is 9.84. The number of hydrogen-bond acceptors (Lipinski definition) is 2. The van der Waals surface area contributed by atoms with Gasteiger partial charge in [0.15, 0.2) is 0 Å². The Bertz CT molecular complexity index is 183. The van der Waals surface area contributed by atoms with Gasteiger partial charge in [-0.25, -0.2) is 0 Å². The smallest absolute Gasteiger partial charge is 0.00303 e. The maximum Gasteiger partial charge on any atom is 0.00303 e. The third-order valence-corrected chi connectivity index (χ3v) is 3.26. The normalized spacial score (nSPS) is 34.5. The monoisotopic (exact) mass is 196 g/mol. The molecule has 1 N–H and O–H groups in total. The summed E-state index contributed by atoms with van der Waals surface area (Å²) >= 11 is 0. The summed E-state index contributed by atoms with van der Waals surface area (Å²) in [6.45, 7) is 13.4. The average molecular weight is 196 g/mol. The fourth-order valence-corrected chi connectivity index (χ4v) is 3.01. The molecule has 2 nitrogen and oxygen atoms in total. The van der Waals surface area contributed by atoms with E-state index in [1.165, 1.54) is 39.1 Å². The number of fused-ring (bicyclic) bond motifs is 2. The molecule has 0 aromatic rings. The molecule has 2 saturated heterocycles. The van der Waals surface area contributed by atoms with Crippen LogP contribution in [-0.4, -0.2) is 37.6 Å². The van der Waals surface area contributed by atoms with Crippen LogP contribution in [0.1, 0.15) is 27.2 Å². The van der Waals surface area contributed by atoms with Crippen LogP contribution < -0.4 is 5.32 Å². The molecule has 14 heavy (non-hydrogen) atoms. The van der Waals surface area contributed by atoms with Crippen LogP contribution in [0, 0.1) is 17.3 Å². The second kappa shape index (κ2) is 3.82. The average Bonchev–Trinajstić information content (AvgIpc) is 1.99. The third kappa shape index (κ3) is 2.71. The van der Waals surface area contributed by atoms with Crippen molar-refractivity contribution in [3.05, 3.63) is 0 Å². The first kappa shape index (κ1) is 10.4. The molecule has 2 heteroatoms. The SMILES string of the molecule is CC(C)(C)CN1CC2CNCC(C2)C1. The molecule has 0 aromatic carbocycles. The van der Waals surface area contributed by atoms with E-state index in [9.17, 15) is 0 Å². The zero-order valence-corrected chi connectivity index (χ0v) is 9.84. The first-order chi connectivity index (χ1) is 6.53. The zero-order chi connectivity index (χ0) is 10.2. The van der Waals surface area contributed by atoms with Gasteiger partial charge in [0.05, 0.1) is 0 Å². The molecule has 2 aliphatic heterocycles. The third-order valence-electron chi connectivity index (χ3n) is 3.26. The fraction of sp³-hybridized carbons (Fsp3) is 1.00. The van der Waals surface area contributed by atoms with Gasteiger partial charge in [-0.1, -0.05) is 20.8 Å². The molecular weight excluding hydrogens is 172 g/mol. The zero-order valence-electron chi connectivity index (χ0n) is 9.84. The van der Waals surface area contributed by atoms with Crippen molar-refractivity contribution in [2.45, 2.75) is 27.2 Å². The van der Waals surface area contributed by atoms with E-state index >= 15 is 0 Å². The van der Waals surface area contributed by atoms with Crippen LogP contribution in [0.15, 0.2) is 0 Å². The Morgan fingerprint density at radius 2 is 1.71 bits per heavy atom. The molecule has 0 aromatic heterocycles. The van der Waals surface area contributed by atoms with Crippen molar-refractivity contribution in [2.75, 3.05) is 32.7 Å². The van der Waals surface area contributed by atoms with Crippen LogP contribution in [-0.2, 0) is 0 Å². The van der Waals surface area contributed by atoms with Crippen molar-refractivity contribution in [1.29, 1.82) is 0 Å². The van der Waals surface area contributed by atoms with Gasteiger partial charge in [0.2, 0.25) is 0 Å².